The molecule has 7 heteroatoms. The highest BCUT2D eigenvalue weighted by Gasteiger charge is 2.18. The minimum absolute atomic E-state index is 0.00748. The molecule has 0 aromatic heterocycles. The van der Waals surface area contributed by atoms with E-state index in [1.807, 2.05) is 0 Å². The first-order chi connectivity index (χ1) is 9.90. The molecule has 1 heterocycles. The Morgan fingerprint density at radius 1 is 1.33 bits per heavy atom. The van der Waals surface area contributed by atoms with Crippen molar-refractivity contribution in [2.75, 3.05) is 26.2 Å². The van der Waals surface area contributed by atoms with Gasteiger partial charge in [-0.05, 0) is 50.6 Å². The Kier molecular flexibility index (Phi) is 4.97. The number of likely N-dealkylation sites (tertiary alicyclic amines) is 1. The number of aromatic carboxylic acids is 1. The largest absolute Gasteiger partial charge is 0.478 e. The molecule has 21 heavy (non-hydrogen) atoms. The Morgan fingerprint density at radius 2 is 2.00 bits per heavy atom. The van der Waals surface area contributed by atoms with Crippen molar-refractivity contribution in [2.45, 2.75) is 24.7 Å². The molecule has 1 aliphatic heterocycles. The fourth-order valence-corrected chi connectivity index (χ4v) is 3.47. The number of hydrogen-bond donors (Lipinski definition) is 2. The molecule has 0 bridgehead atoms. The van der Waals surface area contributed by atoms with Gasteiger partial charge in [-0.3, -0.25) is 0 Å². The van der Waals surface area contributed by atoms with Crippen LogP contribution in [0.3, 0.4) is 0 Å². The van der Waals surface area contributed by atoms with Gasteiger partial charge in [0.25, 0.3) is 0 Å². The summed E-state index contributed by atoms with van der Waals surface area (Å²) in [5, 5.41) is 9.05. The van der Waals surface area contributed by atoms with Crippen LogP contribution in [0.2, 0.25) is 0 Å². The highest BCUT2D eigenvalue weighted by molar-refractivity contribution is 7.89. The van der Waals surface area contributed by atoms with Gasteiger partial charge in [-0.15, -0.1) is 0 Å². The average Bonchev–Trinajstić information content (AvgIpc) is 2.91. The third-order valence-electron chi connectivity index (χ3n) is 3.67. The molecule has 0 radical (unpaired) electrons. The normalized spacial score (nSPS) is 16.2. The minimum Gasteiger partial charge on any atom is -0.478 e. The smallest absolute Gasteiger partial charge is 0.335 e. The second kappa shape index (κ2) is 6.55. The molecule has 1 aromatic rings. The fourth-order valence-electron chi connectivity index (χ4n) is 2.43. The second-order valence-corrected chi connectivity index (χ2v) is 7.00. The zero-order chi connectivity index (χ0) is 15.5. The van der Waals surface area contributed by atoms with Crippen LogP contribution in [0, 0.1) is 6.92 Å². The third kappa shape index (κ3) is 4.03. The van der Waals surface area contributed by atoms with Crippen molar-refractivity contribution in [3.05, 3.63) is 29.3 Å². The van der Waals surface area contributed by atoms with Gasteiger partial charge in [0.15, 0.2) is 0 Å². The van der Waals surface area contributed by atoms with E-state index in [0.29, 0.717) is 18.7 Å². The molecular weight excluding hydrogens is 292 g/mol. The third-order valence-corrected chi connectivity index (χ3v) is 5.13. The summed E-state index contributed by atoms with van der Waals surface area (Å²) in [7, 11) is -3.66. The van der Waals surface area contributed by atoms with Gasteiger partial charge in [-0.1, -0.05) is 6.07 Å². The van der Waals surface area contributed by atoms with Gasteiger partial charge in [-0.2, -0.15) is 0 Å². The molecular formula is C14H20N2O4S. The lowest BCUT2D eigenvalue weighted by Crippen LogP contribution is -2.33. The number of nitrogens with one attached hydrogen (secondary N) is 1. The Hall–Kier alpha value is -1.44. The summed E-state index contributed by atoms with van der Waals surface area (Å²) in [5.41, 5.74) is 0.552. The van der Waals surface area contributed by atoms with E-state index < -0.39 is 16.0 Å². The lowest BCUT2D eigenvalue weighted by atomic mass is 10.1. The highest BCUT2D eigenvalue weighted by Crippen LogP contribution is 2.15. The molecule has 0 amide bonds. The Labute approximate surface area is 124 Å². The van der Waals surface area contributed by atoms with E-state index in [1.165, 1.54) is 18.2 Å². The zero-order valence-electron chi connectivity index (χ0n) is 12.0. The van der Waals surface area contributed by atoms with Crippen molar-refractivity contribution in [3.63, 3.8) is 0 Å². The van der Waals surface area contributed by atoms with Crippen LogP contribution in [-0.2, 0) is 10.0 Å². The van der Waals surface area contributed by atoms with E-state index in [-0.39, 0.29) is 10.5 Å². The predicted octanol–water partition coefficient (Wildman–Crippen LogP) is 1.07. The zero-order valence-corrected chi connectivity index (χ0v) is 12.8. The van der Waals surface area contributed by atoms with E-state index in [9.17, 15) is 13.2 Å². The fraction of sp³-hybridized carbons (Fsp3) is 0.500. The summed E-state index contributed by atoms with van der Waals surface area (Å²) in [6.45, 7) is 4.67. The summed E-state index contributed by atoms with van der Waals surface area (Å²) >= 11 is 0. The quantitative estimate of drug-likeness (QED) is 0.820. The van der Waals surface area contributed by atoms with Crippen molar-refractivity contribution in [2.24, 2.45) is 0 Å². The van der Waals surface area contributed by atoms with E-state index in [1.54, 1.807) is 6.92 Å². The van der Waals surface area contributed by atoms with Crippen molar-refractivity contribution in [1.82, 2.24) is 9.62 Å². The number of aryl methyl sites for hydroxylation is 1. The molecule has 0 saturated carbocycles. The number of carbonyl (C=O) groups is 1. The summed E-state index contributed by atoms with van der Waals surface area (Å²) in [4.78, 5) is 13.3. The standard InChI is InChI=1S/C14H20N2O4S/c1-11-4-5-12(10-13(11)14(17)18)21(19,20)15-6-9-16-7-2-3-8-16/h4-5,10,15H,2-3,6-9H2,1H3,(H,17,18). The molecule has 0 atom stereocenters. The molecule has 1 aliphatic rings. The molecule has 6 nitrogen and oxygen atoms in total. The SMILES string of the molecule is Cc1ccc(S(=O)(=O)NCCN2CCCC2)cc1C(=O)O. The molecule has 0 aliphatic carbocycles. The number of rotatable bonds is 6. The maximum atomic E-state index is 12.2. The van der Waals surface area contributed by atoms with Crippen LogP contribution in [0.4, 0.5) is 0 Å². The Bertz CT molecular complexity index is 622. The molecule has 1 saturated heterocycles. The summed E-state index contributed by atoms with van der Waals surface area (Å²) in [6.07, 6.45) is 2.32. The molecule has 0 unspecified atom stereocenters. The molecule has 1 fully saturated rings. The lowest BCUT2D eigenvalue weighted by molar-refractivity contribution is 0.0696. The van der Waals surface area contributed by atoms with Crippen LogP contribution in [0.15, 0.2) is 23.1 Å². The first-order valence-electron chi connectivity index (χ1n) is 6.96. The number of nitrogens with zero attached hydrogens (tertiary/aromatic N) is 1. The average molecular weight is 312 g/mol. The topological polar surface area (TPSA) is 86.7 Å². The minimum atomic E-state index is -3.66. The molecule has 1 aromatic carbocycles. The maximum absolute atomic E-state index is 12.2. The predicted molar refractivity (Wildman–Crippen MR) is 79.0 cm³/mol. The highest BCUT2D eigenvalue weighted by atomic mass is 32.2. The summed E-state index contributed by atoms with van der Waals surface area (Å²) < 4.78 is 26.9. The van der Waals surface area contributed by atoms with Gasteiger partial charge in [0.05, 0.1) is 10.5 Å². The molecule has 0 spiro atoms. The van der Waals surface area contributed by atoms with Crippen molar-refractivity contribution in [1.29, 1.82) is 0 Å². The van der Waals surface area contributed by atoms with Crippen molar-refractivity contribution >= 4 is 16.0 Å². The van der Waals surface area contributed by atoms with Crippen LogP contribution in [0.25, 0.3) is 0 Å². The van der Waals surface area contributed by atoms with Crippen LogP contribution >= 0.6 is 0 Å². The van der Waals surface area contributed by atoms with Gasteiger partial charge in [0.2, 0.25) is 10.0 Å². The van der Waals surface area contributed by atoms with Crippen LogP contribution in [-0.4, -0.2) is 50.6 Å². The number of carboxylic acids is 1. The van der Waals surface area contributed by atoms with Gasteiger partial charge in [-0.25, -0.2) is 17.9 Å². The Morgan fingerprint density at radius 3 is 2.62 bits per heavy atom. The van der Waals surface area contributed by atoms with E-state index >= 15 is 0 Å². The van der Waals surface area contributed by atoms with Crippen LogP contribution in [0.1, 0.15) is 28.8 Å². The summed E-state index contributed by atoms with van der Waals surface area (Å²) in [6, 6.07) is 4.15. The number of sulfonamides is 1. The first-order valence-corrected chi connectivity index (χ1v) is 8.44. The van der Waals surface area contributed by atoms with Gasteiger partial charge < -0.3 is 10.0 Å². The molecule has 2 N–H and O–H groups in total. The van der Waals surface area contributed by atoms with Crippen molar-refractivity contribution in [3.8, 4) is 0 Å². The maximum Gasteiger partial charge on any atom is 0.335 e. The first kappa shape index (κ1) is 15.9. The van der Waals surface area contributed by atoms with Gasteiger partial charge >= 0.3 is 5.97 Å². The van der Waals surface area contributed by atoms with Crippen LogP contribution < -0.4 is 4.72 Å². The number of carboxylic acid groups (broad SMARTS) is 1. The van der Waals surface area contributed by atoms with E-state index in [4.69, 9.17) is 5.11 Å². The number of hydrogen-bond acceptors (Lipinski definition) is 4. The number of benzene rings is 1. The van der Waals surface area contributed by atoms with Crippen molar-refractivity contribution < 1.29 is 18.3 Å². The Balaban J connectivity index is 2.04. The van der Waals surface area contributed by atoms with Gasteiger partial charge in [0.1, 0.15) is 0 Å². The van der Waals surface area contributed by atoms with E-state index in [0.717, 1.165) is 25.9 Å². The van der Waals surface area contributed by atoms with Gasteiger partial charge in [0, 0.05) is 13.1 Å². The van der Waals surface area contributed by atoms with E-state index in [2.05, 4.69) is 9.62 Å². The monoisotopic (exact) mass is 312 g/mol. The summed E-state index contributed by atoms with van der Waals surface area (Å²) in [5.74, 6) is -1.12. The van der Waals surface area contributed by atoms with Crippen LogP contribution in [0.5, 0.6) is 0 Å². The molecule has 2 rings (SSSR count). The second-order valence-electron chi connectivity index (χ2n) is 5.23. The molecule has 116 valence electrons. The lowest BCUT2D eigenvalue weighted by Gasteiger charge is -2.15.